The molecule has 0 saturated carbocycles. The maximum Gasteiger partial charge on any atom is 0.297 e. The molecule has 1 aliphatic rings. The summed E-state index contributed by atoms with van der Waals surface area (Å²) in [5, 5.41) is 1.33. The first-order valence-corrected chi connectivity index (χ1v) is 4.51. The highest BCUT2D eigenvalue weighted by atomic mass is 16.7. The zero-order valence-corrected chi connectivity index (χ0v) is 7.93. The van der Waals surface area contributed by atoms with Crippen molar-refractivity contribution >= 4 is 5.91 Å². The predicted octanol–water partition coefficient (Wildman–Crippen LogP) is 0.563. The summed E-state index contributed by atoms with van der Waals surface area (Å²) in [6.45, 7) is 3.06. The van der Waals surface area contributed by atoms with Gasteiger partial charge in [0.05, 0.1) is 25.0 Å². The summed E-state index contributed by atoms with van der Waals surface area (Å²) in [5.74, 6) is -0.213. The molecular formula is C9H11N3O2. The van der Waals surface area contributed by atoms with Gasteiger partial charge in [-0.2, -0.15) is 0 Å². The average Bonchev–Trinajstić information content (AvgIpc) is 2.71. The SMILES string of the molecule is Cc1cnc(C(=O)N2CCCO2)cn1. The van der Waals surface area contributed by atoms with E-state index in [9.17, 15) is 4.79 Å². The molecule has 0 radical (unpaired) electrons. The van der Waals surface area contributed by atoms with Crippen LogP contribution in [-0.4, -0.2) is 34.1 Å². The quantitative estimate of drug-likeness (QED) is 0.654. The van der Waals surface area contributed by atoms with Gasteiger partial charge < -0.3 is 0 Å². The van der Waals surface area contributed by atoms with Crippen LogP contribution in [0.25, 0.3) is 0 Å². The molecule has 0 unspecified atom stereocenters. The first-order chi connectivity index (χ1) is 6.77. The zero-order chi connectivity index (χ0) is 9.97. The van der Waals surface area contributed by atoms with Gasteiger partial charge >= 0.3 is 0 Å². The van der Waals surface area contributed by atoms with Gasteiger partial charge in [0.25, 0.3) is 5.91 Å². The second-order valence-corrected chi connectivity index (χ2v) is 3.14. The molecule has 0 aliphatic carbocycles. The number of carbonyl (C=O) groups is 1. The molecular weight excluding hydrogens is 182 g/mol. The lowest BCUT2D eigenvalue weighted by molar-refractivity contribution is -0.0772. The first kappa shape index (κ1) is 9.08. The summed E-state index contributed by atoms with van der Waals surface area (Å²) in [6.07, 6.45) is 3.92. The van der Waals surface area contributed by atoms with Crippen molar-refractivity contribution < 1.29 is 9.63 Å². The number of carbonyl (C=O) groups excluding carboxylic acids is 1. The van der Waals surface area contributed by atoms with E-state index >= 15 is 0 Å². The Bertz CT molecular complexity index is 330. The smallest absolute Gasteiger partial charge is 0.271 e. The molecule has 1 aromatic heterocycles. The summed E-state index contributed by atoms with van der Waals surface area (Å²) in [5.41, 5.74) is 1.13. The van der Waals surface area contributed by atoms with Crippen LogP contribution < -0.4 is 0 Å². The highest BCUT2D eigenvalue weighted by molar-refractivity contribution is 5.91. The average molecular weight is 193 g/mol. The second kappa shape index (κ2) is 3.71. The Balaban J connectivity index is 2.14. The van der Waals surface area contributed by atoms with Crippen molar-refractivity contribution in [2.24, 2.45) is 0 Å². The number of hydrogen-bond donors (Lipinski definition) is 0. The molecule has 1 amide bonds. The molecule has 2 heterocycles. The predicted molar refractivity (Wildman–Crippen MR) is 48.4 cm³/mol. The molecule has 14 heavy (non-hydrogen) atoms. The third-order valence-corrected chi connectivity index (χ3v) is 1.98. The summed E-state index contributed by atoms with van der Waals surface area (Å²) >= 11 is 0. The van der Waals surface area contributed by atoms with Crippen molar-refractivity contribution in [3.05, 3.63) is 23.8 Å². The zero-order valence-electron chi connectivity index (χ0n) is 7.93. The van der Waals surface area contributed by atoms with Crippen LogP contribution in [0.5, 0.6) is 0 Å². The van der Waals surface area contributed by atoms with Gasteiger partial charge in [-0.05, 0) is 13.3 Å². The Morgan fingerprint density at radius 1 is 1.50 bits per heavy atom. The highest BCUT2D eigenvalue weighted by Gasteiger charge is 2.21. The molecule has 0 N–H and O–H groups in total. The van der Waals surface area contributed by atoms with Crippen LogP contribution in [0.1, 0.15) is 22.6 Å². The van der Waals surface area contributed by atoms with Crippen LogP contribution in [0.3, 0.4) is 0 Å². The maximum absolute atomic E-state index is 11.7. The number of rotatable bonds is 1. The van der Waals surface area contributed by atoms with Crippen molar-refractivity contribution in [2.75, 3.05) is 13.2 Å². The molecule has 5 nitrogen and oxygen atoms in total. The van der Waals surface area contributed by atoms with Crippen molar-refractivity contribution in [1.29, 1.82) is 0 Å². The summed E-state index contributed by atoms with van der Waals surface area (Å²) in [6, 6.07) is 0. The third kappa shape index (κ3) is 1.72. The van der Waals surface area contributed by atoms with Crippen molar-refractivity contribution in [1.82, 2.24) is 15.0 Å². The maximum atomic E-state index is 11.7. The fourth-order valence-electron chi connectivity index (χ4n) is 1.24. The Hall–Kier alpha value is -1.49. The molecule has 2 rings (SSSR count). The monoisotopic (exact) mass is 193 g/mol. The highest BCUT2D eigenvalue weighted by Crippen LogP contribution is 2.08. The van der Waals surface area contributed by atoms with E-state index in [1.807, 2.05) is 6.92 Å². The standard InChI is InChI=1S/C9H11N3O2/c1-7-5-11-8(6-10-7)9(13)12-3-2-4-14-12/h5-6H,2-4H2,1H3. The van der Waals surface area contributed by atoms with Gasteiger partial charge in [0.2, 0.25) is 0 Å². The fraction of sp³-hybridized carbons (Fsp3) is 0.444. The molecule has 1 aromatic rings. The minimum atomic E-state index is -0.213. The van der Waals surface area contributed by atoms with Crippen LogP contribution in [-0.2, 0) is 4.84 Å². The molecule has 0 atom stereocenters. The minimum absolute atomic E-state index is 0.213. The van der Waals surface area contributed by atoms with Crippen LogP contribution >= 0.6 is 0 Å². The lowest BCUT2D eigenvalue weighted by Crippen LogP contribution is -2.27. The number of aromatic nitrogens is 2. The van der Waals surface area contributed by atoms with Gasteiger partial charge in [-0.15, -0.1) is 0 Å². The van der Waals surface area contributed by atoms with E-state index in [2.05, 4.69) is 9.97 Å². The molecule has 74 valence electrons. The van der Waals surface area contributed by atoms with E-state index in [1.165, 1.54) is 11.3 Å². The topological polar surface area (TPSA) is 55.3 Å². The summed E-state index contributed by atoms with van der Waals surface area (Å²) in [7, 11) is 0. The number of aryl methyl sites for hydroxylation is 1. The van der Waals surface area contributed by atoms with Gasteiger partial charge in [0.1, 0.15) is 5.69 Å². The number of hydrogen-bond acceptors (Lipinski definition) is 4. The number of nitrogens with zero attached hydrogens (tertiary/aromatic N) is 3. The molecule has 1 aliphatic heterocycles. The van der Waals surface area contributed by atoms with E-state index in [-0.39, 0.29) is 5.91 Å². The van der Waals surface area contributed by atoms with Crippen LogP contribution in [0.4, 0.5) is 0 Å². The molecule has 0 bridgehead atoms. The van der Waals surface area contributed by atoms with E-state index in [0.29, 0.717) is 18.8 Å². The van der Waals surface area contributed by atoms with Crippen LogP contribution in [0.2, 0.25) is 0 Å². The molecule has 1 saturated heterocycles. The Labute approximate surface area is 81.7 Å². The van der Waals surface area contributed by atoms with E-state index in [0.717, 1.165) is 12.1 Å². The van der Waals surface area contributed by atoms with Gasteiger partial charge in [0, 0.05) is 6.20 Å². The fourth-order valence-corrected chi connectivity index (χ4v) is 1.24. The van der Waals surface area contributed by atoms with Crippen LogP contribution in [0.15, 0.2) is 12.4 Å². The number of hydroxylamine groups is 2. The Morgan fingerprint density at radius 2 is 2.36 bits per heavy atom. The molecule has 0 aromatic carbocycles. The largest absolute Gasteiger partial charge is 0.297 e. The van der Waals surface area contributed by atoms with E-state index in [4.69, 9.17) is 4.84 Å². The van der Waals surface area contributed by atoms with Gasteiger partial charge in [-0.1, -0.05) is 0 Å². The summed E-state index contributed by atoms with van der Waals surface area (Å²) < 4.78 is 0. The number of amides is 1. The van der Waals surface area contributed by atoms with Crippen molar-refractivity contribution in [3.8, 4) is 0 Å². The normalized spacial score (nSPS) is 15.9. The molecule has 1 fully saturated rings. The van der Waals surface area contributed by atoms with Gasteiger partial charge in [-0.25, -0.2) is 10.0 Å². The summed E-state index contributed by atoms with van der Waals surface area (Å²) in [4.78, 5) is 24.8. The Kier molecular flexibility index (Phi) is 2.41. The van der Waals surface area contributed by atoms with Gasteiger partial charge in [-0.3, -0.25) is 14.6 Å². The lowest BCUT2D eigenvalue weighted by Gasteiger charge is -2.12. The van der Waals surface area contributed by atoms with Crippen molar-refractivity contribution in [3.63, 3.8) is 0 Å². The Morgan fingerprint density at radius 3 is 2.93 bits per heavy atom. The first-order valence-electron chi connectivity index (χ1n) is 4.51. The molecule has 0 spiro atoms. The van der Waals surface area contributed by atoms with Crippen LogP contribution in [0, 0.1) is 6.92 Å². The lowest BCUT2D eigenvalue weighted by atomic mass is 10.4. The van der Waals surface area contributed by atoms with Gasteiger partial charge in [0.15, 0.2) is 0 Å². The molecule has 5 heteroatoms. The van der Waals surface area contributed by atoms with E-state index in [1.54, 1.807) is 6.20 Å². The van der Waals surface area contributed by atoms with E-state index < -0.39 is 0 Å². The second-order valence-electron chi connectivity index (χ2n) is 3.14. The third-order valence-electron chi connectivity index (χ3n) is 1.98. The minimum Gasteiger partial charge on any atom is -0.271 e. The van der Waals surface area contributed by atoms with Crippen molar-refractivity contribution in [2.45, 2.75) is 13.3 Å².